The molecule has 36 heavy (non-hydrogen) atoms. The lowest BCUT2D eigenvalue weighted by Gasteiger charge is -2.32. The van der Waals surface area contributed by atoms with Crippen LogP contribution < -0.4 is 22.1 Å². The van der Waals surface area contributed by atoms with E-state index in [1.807, 2.05) is 27.7 Å². The Bertz CT molecular complexity index is 811. The summed E-state index contributed by atoms with van der Waals surface area (Å²) in [4.78, 5) is 59.5. The van der Waals surface area contributed by atoms with Gasteiger partial charge in [-0.3, -0.25) is 24.0 Å². The van der Waals surface area contributed by atoms with Crippen LogP contribution in [0.15, 0.2) is 25.3 Å². The number of halogens is 2. The molecule has 0 aliphatic rings. The quantitative estimate of drug-likeness (QED) is 0.130. The molecule has 0 fully saturated rings. The van der Waals surface area contributed by atoms with Crippen LogP contribution in [0.4, 0.5) is 0 Å². The molecule has 0 radical (unpaired) electrons. The van der Waals surface area contributed by atoms with Crippen LogP contribution in [0.25, 0.3) is 0 Å². The van der Waals surface area contributed by atoms with Crippen LogP contribution in [-0.2, 0) is 24.0 Å². The summed E-state index contributed by atoms with van der Waals surface area (Å²) in [6.07, 6.45) is 2.43. The summed E-state index contributed by atoms with van der Waals surface area (Å²) in [5.74, 6) is -4.11. The minimum atomic E-state index is -2.49. The number of rotatable bonds is 16. The molecule has 204 valence electrons. The molecule has 0 saturated carbocycles. The van der Waals surface area contributed by atoms with Gasteiger partial charge in [0.25, 0.3) is 0 Å². The van der Waals surface area contributed by atoms with E-state index in [4.69, 9.17) is 34.7 Å². The molecule has 0 rings (SSSR count). The Morgan fingerprint density at radius 1 is 0.722 bits per heavy atom. The third-order valence-corrected chi connectivity index (χ3v) is 6.59. The van der Waals surface area contributed by atoms with Crippen molar-refractivity contribution in [2.75, 3.05) is 0 Å². The highest BCUT2D eigenvalue weighted by atomic mass is 35.5. The van der Waals surface area contributed by atoms with Crippen LogP contribution in [0, 0.1) is 11.8 Å². The first kappa shape index (κ1) is 33.9. The van der Waals surface area contributed by atoms with Gasteiger partial charge in [-0.05, 0) is 38.5 Å². The lowest BCUT2D eigenvalue weighted by Crippen LogP contribution is -2.61. The topological polar surface area (TPSA) is 161 Å². The zero-order valence-electron chi connectivity index (χ0n) is 21.9. The molecule has 6 atom stereocenters. The Labute approximate surface area is 223 Å². The highest BCUT2D eigenvalue weighted by Crippen LogP contribution is 2.33. The minimum Gasteiger partial charge on any atom is -0.345 e. The molecule has 0 aromatic carbocycles. The van der Waals surface area contributed by atoms with Crippen molar-refractivity contribution in [3.63, 3.8) is 0 Å². The first-order valence-electron chi connectivity index (χ1n) is 11.8. The van der Waals surface area contributed by atoms with Crippen molar-refractivity contribution in [2.24, 2.45) is 23.3 Å². The van der Waals surface area contributed by atoms with E-state index in [0.29, 0.717) is 12.8 Å². The molecule has 9 nitrogen and oxygen atoms in total. The van der Waals surface area contributed by atoms with E-state index in [-0.39, 0.29) is 11.8 Å². The number of hydrogen-bond donors (Lipinski definition) is 4. The molecule has 11 heteroatoms. The van der Waals surface area contributed by atoms with Gasteiger partial charge in [-0.25, -0.2) is 0 Å². The number of Topliss-reactive ketones (excluding diaryl/α,β-unsaturated/α-hetero) is 3. The van der Waals surface area contributed by atoms with Crippen molar-refractivity contribution in [3.05, 3.63) is 25.3 Å². The van der Waals surface area contributed by atoms with Gasteiger partial charge >= 0.3 is 0 Å². The van der Waals surface area contributed by atoms with Gasteiger partial charge in [0.2, 0.25) is 11.8 Å². The molecule has 2 amide bonds. The maximum absolute atomic E-state index is 13.4. The molecule has 0 aliphatic carbocycles. The van der Waals surface area contributed by atoms with Gasteiger partial charge in [-0.2, -0.15) is 0 Å². The van der Waals surface area contributed by atoms with Gasteiger partial charge in [-0.15, -0.1) is 13.2 Å². The van der Waals surface area contributed by atoms with Gasteiger partial charge in [0.1, 0.15) is 0 Å². The van der Waals surface area contributed by atoms with Crippen molar-refractivity contribution < 1.29 is 24.0 Å². The standard InChI is InChI=1S/C25H40Cl2N4O5/c1-9-24(26,19(32)15(7)30-21(34)17(28)11-13(3)4)23(36)25(27,10-2)20(33)16(8)31-22(35)18(29)12-14(5)6/h9-10,13-18H,1-2,11-12,28-29H2,3-8H3,(H,30,34)(H,31,35)/t15-,16-,17-,18-,24?,25?/m0/s1. The Kier molecular flexibility index (Phi) is 13.2. The van der Waals surface area contributed by atoms with E-state index < -0.39 is 63.1 Å². The zero-order valence-corrected chi connectivity index (χ0v) is 23.4. The number of amides is 2. The highest BCUT2D eigenvalue weighted by Gasteiger charge is 2.55. The molecule has 0 aromatic heterocycles. The SMILES string of the molecule is C=CC(Cl)(C(=O)[C@H](C)NC(=O)[C@@H](N)CC(C)C)C(=O)C(Cl)(C=C)C(=O)[C@H](C)NC(=O)[C@@H](N)CC(C)C. The van der Waals surface area contributed by atoms with E-state index in [9.17, 15) is 24.0 Å². The van der Waals surface area contributed by atoms with Gasteiger partial charge in [-0.1, -0.05) is 63.0 Å². The lowest BCUT2D eigenvalue weighted by atomic mass is 9.82. The lowest BCUT2D eigenvalue weighted by molar-refractivity contribution is -0.137. The summed E-state index contributed by atoms with van der Waals surface area (Å²) in [6, 6.07) is -4.28. The number of carbonyl (C=O) groups is 5. The number of hydrogen-bond acceptors (Lipinski definition) is 7. The molecular weight excluding hydrogens is 507 g/mol. The fraction of sp³-hybridized carbons (Fsp3) is 0.640. The van der Waals surface area contributed by atoms with Crippen LogP contribution in [0.2, 0.25) is 0 Å². The Hall–Kier alpha value is -2.07. The van der Waals surface area contributed by atoms with Gasteiger partial charge in [0.15, 0.2) is 27.1 Å². The smallest absolute Gasteiger partial charge is 0.237 e. The summed E-state index contributed by atoms with van der Waals surface area (Å²) in [6.45, 7) is 17.1. The largest absolute Gasteiger partial charge is 0.345 e. The number of carbonyl (C=O) groups excluding carboxylic acids is 5. The molecule has 2 unspecified atom stereocenters. The zero-order chi connectivity index (χ0) is 28.6. The summed E-state index contributed by atoms with van der Waals surface area (Å²) in [5, 5.41) is 4.86. The number of ketones is 3. The van der Waals surface area contributed by atoms with Crippen molar-refractivity contribution in [1.29, 1.82) is 0 Å². The maximum atomic E-state index is 13.4. The molecule has 0 heterocycles. The first-order valence-corrected chi connectivity index (χ1v) is 12.5. The molecule has 0 aliphatic heterocycles. The second-order valence-corrected chi connectivity index (χ2v) is 11.0. The predicted molar refractivity (Wildman–Crippen MR) is 143 cm³/mol. The van der Waals surface area contributed by atoms with Crippen LogP contribution >= 0.6 is 23.2 Å². The van der Waals surface area contributed by atoms with Crippen LogP contribution in [0.1, 0.15) is 54.4 Å². The molecule has 6 N–H and O–H groups in total. The van der Waals surface area contributed by atoms with E-state index in [0.717, 1.165) is 12.2 Å². The fourth-order valence-electron chi connectivity index (χ4n) is 3.51. The van der Waals surface area contributed by atoms with Crippen LogP contribution in [-0.4, -0.2) is 63.1 Å². The van der Waals surface area contributed by atoms with E-state index >= 15 is 0 Å². The van der Waals surface area contributed by atoms with Crippen LogP contribution in [0.3, 0.4) is 0 Å². The monoisotopic (exact) mass is 546 g/mol. The Morgan fingerprint density at radius 3 is 1.22 bits per heavy atom. The predicted octanol–water partition coefficient (Wildman–Crippen LogP) is 1.78. The van der Waals surface area contributed by atoms with Crippen molar-refractivity contribution >= 4 is 52.4 Å². The molecular formula is C25H40Cl2N4O5. The average Bonchev–Trinajstić information content (AvgIpc) is 2.80. The molecule has 0 saturated heterocycles. The second-order valence-electron chi connectivity index (χ2n) is 9.82. The number of alkyl halides is 2. The highest BCUT2D eigenvalue weighted by molar-refractivity contribution is 6.60. The third-order valence-electron chi connectivity index (χ3n) is 5.57. The molecule has 0 aromatic rings. The summed E-state index contributed by atoms with van der Waals surface area (Å²) in [7, 11) is 0. The van der Waals surface area contributed by atoms with Crippen molar-refractivity contribution in [2.45, 2.75) is 88.3 Å². The van der Waals surface area contributed by atoms with Crippen molar-refractivity contribution in [1.82, 2.24) is 10.6 Å². The summed E-state index contributed by atoms with van der Waals surface area (Å²) in [5.41, 5.74) is 11.7. The number of allylic oxidation sites excluding steroid dienone is 2. The maximum Gasteiger partial charge on any atom is 0.237 e. The Balaban J connectivity index is 5.83. The average molecular weight is 548 g/mol. The summed E-state index contributed by atoms with van der Waals surface area (Å²) >= 11 is 12.8. The van der Waals surface area contributed by atoms with Crippen molar-refractivity contribution in [3.8, 4) is 0 Å². The van der Waals surface area contributed by atoms with Gasteiger partial charge in [0.05, 0.1) is 24.2 Å². The van der Waals surface area contributed by atoms with E-state index in [1.54, 1.807) is 0 Å². The van der Waals surface area contributed by atoms with Gasteiger partial charge in [0, 0.05) is 0 Å². The second kappa shape index (κ2) is 14.0. The van der Waals surface area contributed by atoms with Gasteiger partial charge < -0.3 is 22.1 Å². The van der Waals surface area contributed by atoms with E-state index in [1.165, 1.54) is 13.8 Å². The third kappa shape index (κ3) is 8.50. The Morgan fingerprint density at radius 2 is 1.00 bits per heavy atom. The number of nitrogens with one attached hydrogen (secondary N) is 2. The normalized spacial score (nSPS) is 18.1. The molecule has 0 spiro atoms. The minimum absolute atomic E-state index is 0.136. The summed E-state index contributed by atoms with van der Waals surface area (Å²) < 4.78 is 0. The van der Waals surface area contributed by atoms with Crippen LogP contribution in [0.5, 0.6) is 0 Å². The fourth-order valence-corrected chi connectivity index (χ4v) is 4.18. The molecule has 0 bridgehead atoms. The first-order chi connectivity index (χ1) is 16.4. The number of nitrogens with two attached hydrogens (primary N) is 2. The van der Waals surface area contributed by atoms with E-state index in [2.05, 4.69) is 23.8 Å².